The maximum Gasteiger partial charge on any atom is 0.347 e. The maximum absolute atomic E-state index is 13.0. The van der Waals surface area contributed by atoms with E-state index in [4.69, 9.17) is 8.83 Å². The molecule has 0 aliphatic rings. The number of rotatable bonds is 7. The Balaban J connectivity index is 1.00. The Morgan fingerprint density at radius 2 is 0.771 bits per heavy atom. The minimum atomic E-state index is -0.411. The first-order valence-corrected chi connectivity index (χ1v) is 15.7. The van der Waals surface area contributed by atoms with E-state index in [1.165, 1.54) is 11.1 Å². The van der Waals surface area contributed by atoms with Crippen molar-refractivity contribution in [2.24, 2.45) is 0 Å². The standard InChI is InChI=1S/C42H28N2O4/c45-41-35-25-29(23-27-7-3-1-4-8-27)11-21-37(35)43-39(47-41)33-17-13-31(14-18-33)32-15-19-34(20-16-32)40-44-38-22-12-30(26-36(38)42(46)48-40)24-28-9-5-2-6-10-28/h1-22,25-26H,23-24H2. The van der Waals surface area contributed by atoms with Gasteiger partial charge >= 0.3 is 11.3 Å². The zero-order valence-corrected chi connectivity index (χ0v) is 25.8. The molecule has 0 radical (unpaired) electrons. The van der Waals surface area contributed by atoms with E-state index in [9.17, 15) is 9.59 Å². The van der Waals surface area contributed by atoms with Gasteiger partial charge < -0.3 is 8.83 Å². The zero-order valence-electron chi connectivity index (χ0n) is 25.8. The molecule has 0 N–H and O–H groups in total. The lowest BCUT2D eigenvalue weighted by Gasteiger charge is -2.07. The lowest BCUT2D eigenvalue weighted by molar-refractivity contribution is 0.518. The van der Waals surface area contributed by atoms with Crippen molar-refractivity contribution in [1.82, 2.24) is 9.97 Å². The average molecular weight is 625 g/mol. The third-order valence-corrected chi connectivity index (χ3v) is 8.48. The van der Waals surface area contributed by atoms with Gasteiger partial charge in [0.25, 0.3) is 0 Å². The molecule has 8 rings (SSSR count). The summed E-state index contributed by atoms with van der Waals surface area (Å²) in [5, 5.41) is 0.932. The highest BCUT2D eigenvalue weighted by Crippen LogP contribution is 2.28. The van der Waals surface area contributed by atoms with Crippen molar-refractivity contribution >= 4 is 21.8 Å². The minimum Gasteiger partial charge on any atom is -0.403 e. The van der Waals surface area contributed by atoms with E-state index in [-0.39, 0.29) is 11.8 Å². The highest BCUT2D eigenvalue weighted by atomic mass is 16.4. The van der Waals surface area contributed by atoms with Crippen LogP contribution in [0.25, 0.3) is 55.8 Å². The summed E-state index contributed by atoms with van der Waals surface area (Å²) in [5.74, 6) is 0.546. The maximum atomic E-state index is 13.0. The molecular weight excluding hydrogens is 596 g/mol. The van der Waals surface area contributed by atoms with Crippen LogP contribution in [0.4, 0.5) is 0 Å². The SMILES string of the molecule is O=c1oc(-c2ccc(-c3ccc(-c4nc5ccc(Cc6ccccc6)cc5c(=O)o4)cc3)cc2)nc2ccc(Cc3ccccc3)cc12. The van der Waals surface area contributed by atoms with Gasteiger partial charge in [0, 0.05) is 11.1 Å². The van der Waals surface area contributed by atoms with Crippen molar-refractivity contribution in [1.29, 1.82) is 0 Å². The molecule has 0 aliphatic heterocycles. The van der Waals surface area contributed by atoms with Crippen LogP contribution in [0.15, 0.2) is 164 Å². The van der Waals surface area contributed by atoms with E-state index < -0.39 is 11.3 Å². The lowest BCUT2D eigenvalue weighted by Crippen LogP contribution is -2.04. The topological polar surface area (TPSA) is 86.2 Å². The molecular formula is C42H28N2O4. The summed E-state index contributed by atoms with van der Waals surface area (Å²) in [5.41, 5.74) is 8.12. The van der Waals surface area contributed by atoms with Crippen LogP contribution in [0.3, 0.4) is 0 Å². The van der Waals surface area contributed by atoms with Gasteiger partial charge in [-0.3, -0.25) is 0 Å². The van der Waals surface area contributed by atoms with E-state index in [1.54, 1.807) is 0 Å². The van der Waals surface area contributed by atoms with Crippen molar-refractivity contribution in [2.75, 3.05) is 0 Å². The molecule has 0 unspecified atom stereocenters. The molecule has 6 heteroatoms. The van der Waals surface area contributed by atoms with E-state index in [1.807, 2.05) is 121 Å². The van der Waals surface area contributed by atoms with E-state index in [0.29, 0.717) is 32.9 Å². The summed E-state index contributed by atoms with van der Waals surface area (Å²) in [6.07, 6.45) is 1.45. The third-order valence-electron chi connectivity index (χ3n) is 8.48. The Hall–Kier alpha value is -6.40. The number of aromatic nitrogens is 2. The van der Waals surface area contributed by atoms with Gasteiger partial charge in [-0.15, -0.1) is 0 Å². The van der Waals surface area contributed by atoms with Crippen LogP contribution in [-0.4, -0.2) is 9.97 Å². The molecule has 2 aromatic heterocycles. The lowest BCUT2D eigenvalue weighted by atomic mass is 10.0. The fourth-order valence-electron chi connectivity index (χ4n) is 5.98. The predicted molar refractivity (Wildman–Crippen MR) is 189 cm³/mol. The molecule has 0 fully saturated rings. The number of fused-ring (bicyclic) bond motifs is 2. The van der Waals surface area contributed by atoms with Crippen LogP contribution in [-0.2, 0) is 12.8 Å². The van der Waals surface area contributed by atoms with Crippen LogP contribution in [0, 0.1) is 0 Å². The van der Waals surface area contributed by atoms with Gasteiger partial charge in [0.05, 0.1) is 21.8 Å². The van der Waals surface area contributed by atoms with Crippen molar-refractivity contribution < 1.29 is 8.83 Å². The fourth-order valence-corrected chi connectivity index (χ4v) is 5.98. The molecule has 6 nitrogen and oxygen atoms in total. The van der Waals surface area contributed by atoms with Gasteiger partial charge in [-0.1, -0.05) is 97.1 Å². The van der Waals surface area contributed by atoms with Gasteiger partial charge in [-0.25, -0.2) is 19.6 Å². The quantitative estimate of drug-likeness (QED) is 0.176. The first-order chi connectivity index (χ1) is 23.6. The average Bonchev–Trinajstić information content (AvgIpc) is 3.13. The Morgan fingerprint density at radius 1 is 0.396 bits per heavy atom. The molecule has 2 heterocycles. The van der Waals surface area contributed by atoms with Crippen LogP contribution >= 0.6 is 0 Å². The zero-order chi connectivity index (χ0) is 32.5. The Labute approximate surface area is 275 Å². The highest BCUT2D eigenvalue weighted by molar-refractivity contribution is 5.81. The fraction of sp³-hybridized carbons (Fsp3) is 0.0476. The van der Waals surface area contributed by atoms with Crippen molar-refractivity contribution in [2.45, 2.75) is 12.8 Å². The number of hydrogen-bond acceptors (Lipinski definition) is 6. The largest absolute Gasteiger partial charge is 0.403 e. The molecule has 0 aliphatic carbocycles. The summed E-state index contributed by atoms with van der Waals surface area (Å²) in [4.78, 5) is 35.2. The molecule has 0 amide bonds. The summed E-state index contributed by atoms with van der Waals surface area (Å²) in [7, 11) is 0. The van der Waals surface area contributed by atoms with Crippen LogP contribution in [0.5, 0.6) is 0 Å². The summed E-state index contributed by atoms with van der Waals surface area (Å²) in [6.45, 7) is 0. The molecule has 8 aromatic rings. The van der Waals surface area contributed by atoms with Crippen LogP contribution in [0.1, 0.15) is 22.3 Å². The Morgan fingerprint density at radius 3 is 1.17 bits per heavy atom. The van der Waals surface area contributed by atoms with E-state index in [2.05, 4.69) is 34.2 Å². The van der Waals surface area contributed by atoms with Crippen molar-refractivity contribution in [3.05, 3.63) is 189 Å². The van der Waals surface area contributed by atoms with E-state index in [0.717, 1.165) is 35.1 Å². The number of hydrogen-bond donors (Lipinski definition) is 0. The predicted octanol–water partition coefficient (Wildman–Crippen LogP) is 8.87. The molecule has 48 heavy (non-hydrogen) atoms. The van der Waals surface area contributed by atoms with Crippen molar-refractivity contribution in [3.63, 3.8) is 0 Å². The summed E-state index contributed by atoms with van der Waals surface area (Å²) < 4.78 is 11.3. The normalized spacial score (nSPS) is 11.2. The molecule has 0 saturated heterocycles. The van der Waals surface area contributed by atoms with Crippen LogP contribution in [0.2, 0.25) is 0 Å². The molecule has 230 valence electrons. The highest BCUT2D eigenvalue weighted by Gasteiger charge is 2.13. The molecule has 6 aromatic carbocycles. The first-order valence-electron chi connectivity index (χ1n) is 15.7. The molecule has 0 spiro atoms. The number of benzene rings is 6. The summed E-state index contributed by atoms with van der Waals surface area (Å²) >= 11 is 0. The van der Waals surface area contributed by atoms with Crippen LogP contribution < -0.4 is 11.3 Å². The molecule has 0 bridgehead atoms. The summed E-state index contributed by atoms with van der Waals surface area (Å²) in [6, 6.07) is 47.1. The Kier molecular flexibility index (Phi) is 7.51. The first kappa shape index (κ1) is 29.0. The van der Waals surface area contributed by atoms with Crippen molar-refractivity contribution in [3.8, 4) is 34.0 Å². The van der Waals surface area contributed by atoms with Gasteiger partial charge in [0.15, 0.2) is 0 Å². The van der Waals surface area contributed by atoms with Gasteiger partial charge in [0.2, 0.25) is 11.8 Å². The third kappa shape index (κ3) is 5.95. The smallest absolute Gasteiger partial charge is 0.347 e. The second kappa shape index (κ2) is 12.4. The minimum absolute atomic E-state index is 0.273. The number of nitrogens with zero attached hydrogens (tertiary/aromatic N) is 2. The monoisotopic (exact) mass is 624 g/mol. The Bertz CT molecular complexity index is 2340. The molecule has 0 atom stereocenters. The van der Waals surface area contributed by atoms with Gasteiger partial charge in [-0.05, 0) is 94.8 Å². The second-order valence-corrected chi connectivity index (χ2v) is 11.8. The van der Waals surface area contributed by atoms with E-state index >= 15 is 0 Å². The molecule has 0 saturated carbocycles. The van der Waals surface area contributed by atoms with Gasteiger partial charge in [-0.2, -0.15) is 0 Å². The second-order valence-electron chi connectivity index (χ2n) is 11.8. The van der Waals surface area contributed by atoms with Gasteiger partial charge in [0.1, 0.15) is 0 Å².